The van der Waals surface area contributed by atoms with Crippen molar-refractivity contribution in [1.82, 2.24) is 0 Å². The number of hydrogen-bond acceptors (Lipinski definition) is 3. The Balaban J connectivity index is 0.00000300. The van der Waals surface area contributed by atoms with Crippen LogP contribution in [0.5, 0.6) is 0 Å². The molecular weight excluding hydrogens is 359 g/mol. The summed E-state index contributed by atoms with van der Waals surface area (Å²) < 4.78 is 68.2. The van der Waals surface area contributed by atoms with Gasteiger partial charge in [0.25, 0.3) is 0 Å². The number of halogens is 2. The van der Waals surface area contributed by atoms with Crippen LogP contribution < -0.4 is 5.73 Å². The maximum atomic E-state index is 13.5. The lowest BCUT2D eigenvalue weighted by molar-refractivity contribution is -0.0126. The first-order valence-corrected chi connectivity index (χ1v) is 6.61. The predicted octanol–water partition coefficient (Wildman–Crippen LogP) is 3.79. The smallest absolute Gasteiger partial charge is 0.123 e. The molecule has 2 aromatic rings. The summed E-state index contributed by atoms with van der Waals surface area (Å²) in [6.07, 6.45) is -6.20. The third-order valence-electron chi connectivity index (χ3n) is 3.62. The summed E-state index contributed by atoms with van der Waals surface area (Å²) in [4.78, 5) is 0. The van der Waals surface area contributed by atoms with Crippen LogP contribution in [0.3, 0.4) is 0 Å². The number of hydrogen-bond donors (Lipinski definition) is 1. The molecule has 0 saturated heterocycles. The van der Waals surface area contributed by atoms with Gasteiger partial charge in [0.1, 0.15) is 11.4 Å². The van der Waals surface area contributed by atoms with Gasteiger partial charge < -0.3 is 10.5 Å². The monoisotopic (exact) mass is 382 g/mol. The van der Waals surface area contributed by atoms with E-state index in [1.54, 1.807) is 0 Å². The van der Waals surface area contributed by atoms with E-state index in [1.807, 2.05) is 6.07 Å². The molecule has 3 rings (SSSR count). The van der Waals surface area contributed by atoms with Crippen molar-refractivity contribution in [1.29, 1.82) is 5.26 Å². The molecular formula is C18H18BrFN2O. The molecule has 0 saturated carbocycles. The SMILES string of the molecule is Br.[2H]C([2H])(N)C([2H])([2H])C([2H])([2H])C1(c2ccc(F)cc2)OCc2cc(C#N)ccc21. The molecule has 1 unspecified atom stereocenters. The van der Waals surface area contributed by atoms with Gasteiger partial charge in [0.05, 0.1) is 18.2 Å². The molecule has 0 aliphatic carbocycles. The summed E-state index contributed by atoms with van der Waals surface area (Å²) >= 11 is 0. The van der Waals surface area contributed by atoms with E-state index in [2.05, 4.69) is 0 Å². The molecule has 23 heavy (non-hydrogen) atoms. The highest BCUT2D eigenvalue weighted by Crippen LogP contribution is 2.45. The fourth-order valence-electron chi connectivity index (χ4n) is 2.61. The van der Waals surface area contributed by atoms with Crippen LogP contribution in [0.1, 0.15) is 43.2 Å². The molecule has 1 atom stereocenters. The molecule has 0 fully saturated rings. The first-order chi connectivity index (χ1) is 12.9. The first kappa shape index (κ1) is 10.9. The Hall–Kier alpha value is -1.74. The summed E-state index contributed by atoms with van der Waals surface area (Å²) in [6.45, 7) is -3.17. The first-order valence-electron chi connectivity index (χ1n) is 9.61. The highest BCUT2D eigenvalue weighted by atomic mass is 79.9. The molecule has 0 spiro atoms. The molecule has 2 aromatic carbocycles. The van der Waals surface area contributed by atoms with Crippen LogP contribution >= 0.6 is 17.0 Å². The molecule has 0 bridgehead atoms. The highest BCUT2D eigenvalue weighted by molar-refractivity contribution is 8.93. The van der Waals surface area contributed by atoms with Crippen molar-refractivity contribution in [2.24, 2.45) is 5.73 Å². The predicted molar refractivity (Wildman–Crippen MR) is 91.7 cm³/mol. The fraction of sp³-hybridized carbons (Fsp3) is 0.278. The van der Waals surface area contributed by atoms with Crippen LogP contribution in [0.15, 0.2) is 42.5 Å². The fourth-order valence-corrected chi connectivity index (χ4v) is 2.61. The van der Waals surface area contributed by atoms with Crippen molar-refractivity contribution in [3.05, 3.63) is 70.5 Å². The Labute approximate surface area is 154 Å². The minimum Gasteiger partial charge on any atom is -0.361 e. The minimum absolute atomic E-state index is 0. The second-order valence-corrected chi connectivity index (χ2v) is 4.85. The lowest BCUT2D eigenvalue weighted by Gasteiger charge is -2.30. The lowest BCUT2D eigenvalue weighted by atomic mass is 9.81. The van der Waals surface area contributed by atoms with E-state index in [0.29, 0.717) is 11.1 Å². The summed E-state index contributed by atoms with van der Waals surface area (Å²) in [5, 5.41) is 9.11. The van der Waals surface area contributed by atoms with Crippen molar-refractivity contribution < 1.29 is 17.4 Å². The highest BCUT2D eigenvalue weighted by Gasteiger charge is 2.41. The van der Waals surface area contributed by atoms with Gasteiger partial charge in [-0.15, -0.1) is 17.0 Å². The van der Waals surface area contributed by atoms with Gasteiger partial charge in [-0.25, -0.2) is 4.39 Å². The summed E-state index contributed by atoms with van der Waals surface area (Å²) in [6, 6.07) is 11.1. The second-order valence-electron chi connectivity index (χ2n) is 4.85. The molecule has 3 nitrogen and oxygen atoms in total. The maximum absolute atomic E-state index is 13.5. The van der Waals surface area contributed by atoms with Gasteiger partial charge in [0.15, 0.2) is 0 Å². The van der Waals surface area contributed by atoms with E-state index >= 15 is 0 Å². The quantitative estimate of drug-likeness (QED) is 0.874. The number of nitriles is 1. The van der Waals surface area contributed by atoms with Crippen LogP contribution in [0.25, 0.3) is 0 Å². The Morgan fingerprint density at radius 2 is 2.04 bits per heavy atom. The molecule has 1 aliphatic heterocycles. The number of benzene rings is 2. The van der Waals surface area contributed by atoms with Crippen molar-refractivity contribution in [3.8, 4) is 6.07 Å². The Kier molecular flexibility index (Phi) is 3.43. The van der Waals surface area contributed by atoms with Gasteiger partial charge in [-0.2, -0.15) is 5.26 Å². The van der Waals surface area contributed by atoms with E-state index in [-0.39, 0.29) is 34.7 Å². The number of ether oxygens (including phenoxy) is 1. The zero-order valence-corrected chi connectivity index (χ0v) is 13.7. The minimum atomic E-state index is -3.19. The summed E-state index contributed by atoms with van der Waals surface area (Å²) in [7, 11) is 0. The topological polar surface area (TPSA) is 59.0 Å². The molecule has 1 aliphatic rings. The lowest BCUT2D eigenvalue weighted by Crippen LogP contribution is -2.28. The van der Waals surface area contributed by atoms with Crippen LogP contribution in [0.4, 0.5) is 4.39 Å². The van der Waals surface area contributed by atoms with E-state index < -0.39 is 30.7 Å². The third kappa shape index (κ3) is 3.16. The average molecular weight is 383 g/mol. The van der Waals surface area contributed by atoms with Gasteiger partial charge in [-0.3, -0.25) is 0 Å². The molecule has 0 amide bonds. The molecule has 120 valence electrons. The van der Waals surface area contributed by atoms with Gasteiger partial charge in [-0.05, 0) is 60.2 Å². The van der Waals surface area contributed by atoms with Crippen molar-refractivity contribution >= 4 is 17.0 Å². The van der Waals surface area contributed by atoms with Crippen LogP contribution in [-0.2, 0) is 16.9 Å². The standard InChI is InChI=1S/C18H17FN2O.BrH/c19-16-5-3-15(4-6-16)18(8-1-9-20)17-7-2-13(11-21)10-14(17)12-22-18;/h2-7,10H,1,8-9,12,20H2;1H/i1D2,8D2,9D2;. The Morgan fingerprint density at radius 3 is 2.70 bits per heavy atom. The van der Waals surface area contributed by atoms with Crippen LogP contribution in [0, 0.1) is 17.1 Å². The van der Waals surface area contributed by atoms with Crippen LogP contribution in [0.2, 0.25) is 0 Å². The number of nitrogens with two attached hydrogens (primary N) is 1. The molecule has 1 heterocycles. The van der Waals surface area contributed by atoms with Crippen LogP contribution in [-0.4, -0.2) is 6.50 Å². The van der Waals surface area contributed by atoms with E-state index in [4.69, 9.17) is 24.0 Å². The number of fused-ring (bicyclic) bond motifs is 1. The summed E-state index contributed by atoms with van der Waals surface area (Å²) in [5.41, 5.74) is 4.37. The third-order valence-corrected chi connectivity index (χ3v) is 3.62. The zero-order valence-electron chi connectivity index (χ0n) is 18.0. The molecule has 0 radical (unpaired) electrons. The van der Waals surface area contributed by atoms with Gasteiger partial charge in [0, 0.05) is 8.22 Å². The molecule has 2 N–H and O–H groups in total. The normalized spacial score (nSPS) is 24.6. The summed E-state index contributed by atoms with van der Waals surface area (Å²) in [5.74, 6) is -0.574. The van der Waals surface area contributed by atoms with Crippen molar-refractivity contribution in [3.63, 3.8) is 0 Å². The molecule has 0 aromatic heterocycles. The number of rotatable bonds is 4. The van der Waals surface area contributed by atoms with Gasteiger partial charge in [0.2, 0.25) is 0 Å². The maximum Gasteiger partial charge on any atom is 0.123 e. The zero-order chi connectivity index (χ0) is 21.0. The number of nitrogens with zero attached hydrogens (tertiary/aromatic N) is 1. The van der Waals surface area contributed by atoms with Gasteiger partial charge >= 0.3 is 0 Å². The van der Waals surface area contributed by atoms with Gasteiger partial charge in [-0.1, -0.05) is 18.2 Å². The largest absolute Gasteiger partial charge is 0.361 e. The average Bonchev–Trinajstić information content (AvgIpc) is 3.01. The van der Waals surface area contributed by atoms with E-state index in [9.17, 15) is 4.39 Å². The van der Waals surface area contributed by atoms with Crippen molar-refractivity contribution in [2.75, 3.05) is 6.50 Å². The Bertz CT molecular complexity index is 958. The Morgan fingerprint density at radius 1 is 1.30 bits per heavy atom. The van der Waals surface area contributed by atoms with Crippen molar-refractivity contribution in [2.45, 2.75) is 25.0 Å². The van der Waals surface area contributed by atoms with E-state index in [0.717, 1.165) is 12.1 Å². The van der Waals surface area contributed by atoms with E-state index in [1.165, 1.54) is 30.3 Å². The molecule has 5 heteroatoms. The second kappa shape index (κ2) is 7.22.